The van der Waals surface area contributed by atoms with Crippen LogP contribution in [0.2, 0.25) is 0 Å². The van der Waals surface area contributed by atoms with Crippen LogP contribution < -0.4 is 0 Å². The van der Waals surface area contributed by atoms with Gasteiger partial charge in [0.05, 0.1) is 11.5 Å². The minimum atomic E-state index is 0.833. The van der Waals surface area contributed by atoms with E-state index in [0.717, 1.165) is 30.3 Å². The smallest absolute Gasteiger partial charge is 0.0996 e. The van der Waals surface area contributed by atoms with Crippen LogP contribution in [-0.4, -0.2) is 0 Å². The van der Waals surface area contributed by atoms with E-state index in [2.05, 4.69) is 52.7 Å². The van der Waals surface area contributed by atoms with Gasteiger partial charge in [-0.25, -0.2) is 0 Å². The molecule has 1 heterocycles. The predicted molar refractivity (Wildman–Crippen MR) is 68.2 cm³/mol. The number of hydrogen-bond acceptors (Lipinski definition) is 1. The Balaban J connectivity index is 0. The zero-order chi connectivity index (χ0) is 12.3. The molecule has 0 atom stereocenters. The third kappa shape index (κ3) is 12.8. The van der Waals surface area contributed by atoms with Gasteiger partial charge in [-0.2, -0.15) is 0 Å². The highest BCUT2D eigenvalue weighted by molar-refractivity contribution is 5.08. The molecule has 0 aliphatic carbocycles. The number of allylic oxidation sites excluding steroid dienone is 4. The van der Waals surface area contributed by atoms with Gasteiger partial charge < -0.3 is 4.74 Å². The third-order valence-corrected chi connectivity index (χ3v) is 1.39. The van der Waals surface area contributed by atoms with Crippen molar-refractivity contribution in [1.82, 2.24) is 0 Å². The largest absolute Gasteiger partial charge is 0.467 e. The molecule has 0 unspecified atom stereocenters. The Morgan fingerprint density at radius 1 is 1.27 bits per heavy atom. The van der Waals surface area contributed by atoms with Crippen molar-refractivity contribution in [3.05, 3.63) is 23.7 Å². The standard InChI is InChI=1S/C8H12O.C4H10.C2H2/c1-3-8-6-4-5-7(2)9-8;1-4(2)3;1-2/h5-6H,3-4H2,1-2H3;4H,1-3H3;1-2H. The minimum absolute atomic E-state index is 0.833. The van der Waals surface area contributed by atoms with Crippen molar-refractivity contribution in [2.75, 3.05) is 0 Å². The van der Waals surface area contributed by atoms with Gasteiger partial charge in [0, 0.05) is 6.42 Å². The molecule has 0 N–H and O–H groups in total. The number of hydrogen-bond donors (Lipinski definition) is 0. The van der Waals surface area contributed by atoms with Crippen LogP contribution in [-0.2, 0) is 4.74 Å². The molecule has 0 amide bonds. The SMILES string of the molecule is C#C.CC(C)C.CCC1=CCC=C(C)O1. The fourth-order valence-electron chi connectivity index (χ4n) is 0.863. The van der Waals surface area contributed by atoms with Crippen LogP contribution >= 0.6 is 0 Å². The van der Waals surface area contributed by atoms with Gasteiger partial charge >= 0.3 is 0 Å². The molecule has 0 saturated carbocycles. The maximum Gasteiger partial charge on any atom is 0.0996 e. The molecule has 0 aromatic heterocycles. The van der Waals surface area contributed by atoms with Gasteiger partial charge in [0.15, 0.2) is 0 Å². The summed E-state index contributed by atoms with van der Waals surface area (Å²) in [5.74, 6) is 2.98. The molecule has 1 aliphatic rings. The summed E-state index contributed by atoms with van der Waals surface area (Å²) in [6.45, 7) is 10.6. The summed E-state index contributed by atoms with van der Waals surface area (Å²) >= 11 is 0. The Morgan fingerprint density at radius 2 is 1.73 bits per heavy atom. The second kappa shape index (κ2) is 10.9. The van der Waals surface area contributed by atoms with Gasteiger partial charge in [-0.1, -0.05) is 27.7 Å². The van der Waals surface area contributed by atoms with Crippen LogP contribution in [0.5, 0.6) is 0 Å². The average molecular weight is 208 g/mol. The summed E-state index contributed by atoms with van der Waals surface area (Å²) in [5.41, 5.74) is 0. The van der Waals surface area contributed by atoms with Crippen LogP contribution in [0, 0.1) is 18.8 Å². The Kier molecular flexibility index (Phi) is 11.8. The summed E-state index contributed by atoms with van der Waals surface area (Å²) in [7, 11) is 0. The van der Waals surface area contributed by atoms with E-state index in [9.17, 15) is 0 Å². The molecular formula is C14H24O. The first kappa shape index (κ1) is 16.3. The van der Waals surface area contributed by atoms with Crippen molar-refractivity contribution in [2.45, 2.75) is 47.5 Å². The summed E-state index contributed by atoms with van der Waals surface area (Å²) < 4.78 is 5.36. The lowest BCUT2D eigenvalue weighted by atomic mass is 10.2. The molecule has 15 heavy (non-hydrogen) atoms. The number of terminal acetylenes is 1. The van der Waals surface area contributed by atoms with Crippen molar-refractivity contribution in [1.29, 1.82) is 0 Å². The average Bonchev–Trinajstić information content (AvgIpc) is 2.20. The van der Waals surface area contributed by atoms with Gasteiger partial charge in [-0.15, -0.1) is 12.8 Å². The summed E-state index contributed by atoms with van der Waals surface area (Å²) in [6, 6.07) is 0. The van der Waals surface area contributed by atoms with Gasteiger partial charge in [-0.05, 0) is 31.4 Å². The fraction of sp³-hybridized carbons (Fsp3) is 0.571. The Bertz CT molecular complexity index is 216. The maximum atomic E-state index is 5.36. The predicted octanol–water partition coefficient (Wildman–Crippen LogP) is 4.52. The lowest BCUT2D eigenvalue weighted by molar-refractivity contribution is 0.287. The maximum absolute atomic E-state index is 5.36. The van der Waals surface area contributed by atoms with Crippen molar-refractivity contribution >= 4 is 0 Å². The second-order valence-corrected chi connectivity index (χ2v) is 3.91. The molecule has 0 aromatic carbocycles. The van der Waals surface area contributed by atoms with E-state index in [-0.39, 0.29) is 0 Å². The Hall–Kier alpha value is -1.16. The number of rotatable bonds is 1. The molecule has 0 aromatic rings. The highest BCUT2D eigenvalue weighted by Gasteiger charge is 1.99. The molecule has 0 fully saturated rings. The molecule has 1 heteroatoms. The first-order chi connectivity index (χ1) is 7.06. The van der Waals surface area contributed by atoms with E-state index in [1.807, 2.05) is 6.92 Å². The van der Waals surface area contributed by atoms with Crippen LogP contribution in [0.4, 0.5) is 0 Å². The van der Waals surface area contributed by atoms with E-state index in [0.29, 0.717) is 0 Å². The molecule has 1 aliphatic heterocycles. The molecule has 1 rings (SSSR count). The first-order valence-electron chi connectivity index (χ1n) is 5.43. The number of ether oxygens (including phenoxy) is 1. The van der Waals surface area contributed by atoms with Crippen molar-refractivity contribution in [3.8, 4) is 12.8 Å². The van der Waals surface area contributed by atoms with Gasteiger partial charge in [0.25, 0.3) is 0 Å². The van der Waals surface area contributed by atoms with E-state index in [4.69, 9.17) is 4.74 Å². The monoisotopic (exact) mass is 208 g/mol. The molecule has 86 valence electrons. The van der Waals surface area contributed by atoms with Gasteiger partial charge in [0.1, 0.15) is 0 Å². The van der Waals surface area contributed by atoms with Crippen molar-refractivity contribution in [3.63, 3.8) is 0 Å². The zero-order valence-electron chi connectivity index (χ0n) is 10.7. The zero-order valence-corrected chi connectivity index (χ0v) is 10.7. The molecule has 0 spiro atoms. The van der Waals surface area contributed by atoms with Crippen LogP contribution in [0.15, 0.2) is 23.7 Å². The normalized spacial score (nSPS) is 13.3. The topological polar surface area (TPSA) is 9.23 Å². The molecule has 0 radical (unpaired) electrons. The Morgan fingerprint density at radius 3 is 2.00 bits per heavy atom. The van der Waals surface area contributed by atoms with Crippen LogP contribution in [0.3, 0.4) is 0 Å². The van der Waals surface area contributed by atoms with E-state index in [1.54, 1.807) is 0 Å². The molecule has 1 nitrogen and oxygen atoms in total. The van der Waals surface area contributed by atoms with Gasteiger partial charge in [-0.3, -0.25) is 0 Å². The van der Waals surface area contributed by atoms with Crippen LogP contribution in [0.1, 0.15) is 47.5 Å². The third-order valence-electron chi connectivity index (χ3n) is 1.39. The van der Waals surface area contributed by atoms with Crippen molar-refractivity contribution in [2.24, 2.45) is 5.92 Å². The summed E-state index contributed by atoms with van der Waals surface area (Å²) in [6.07, 6.45) is 14.2. The highest BCUT2D eigenvalue weighted by Crippen LogP contribution is 2.15. The van der Waals surface area contributed by atoms with E-state index in [1.165, 1.54) is 0 Å². The second-order valence-electron chi connectivity index (χ2n) is 3.91. The fourth-order valence-corrected chi connectivity index (χ4v) is 0.863. The quantitative estimate of drug-likeness (QED) is 0.576. The molecular weight excluding hydrogens is 184 g/mol. The summed E-state index contributed by atoms with van der Waals surface area (Å²) in [4.78, 5) is 0. The highest BCUT2D eigenvalue weighted by atomic mass is 16.5. The Labute approximate surface area is 95.2 Å². The lowest BCUT2D eigenvalue weighted by Crippen LogP contribution is -1.93. The van der Waals surface area contributed by atoms with Crippen LogP contribution in [0.25, 0.3) is 0 Å². The molecule has 0 bridgehead atoms. The van der Waals surface area contributed by atoms with E-state index >= 15 is 0 Å². The summed E-state index contributed by atoms with van der Waals surface area (Å²) in [5, 5.41) is 0. The van der Waals surface area contributed by atoms with E-state index < -0.39 is 0 Å². The van der Waals surface area contributed by atoms with Crippen molar-refractivity contribution < 1.29 is 4.74 Å². The lowest BCUT2D eigenvalue weighted by Gasteiger charge is -2.11. The minimum Gasteiger partial charge on any atom is -0.467 e. The molecule has 0 saturated heterocycles. The first-order valence-corrected chi connectivity index (χ1v) is 5.43. The van der Waals surface area contributed by atoms with Gasteiger partial charge in [0.2, 0.25) is 0 Å².